The molecule has 0 aromatic heterocycles. The van der Waals surface area contributed by atoms with Crippen LogP contribution in [0.15, 0.2) is 54.6 Å². The summed E-state index contributed by atoms with van der Waals surface area (Å²) in [6, 6.07) is 17.6. The Bertz CT molecular complexity index is 758. The van der Waals surface area contributed by atoms with Crippen molar-refractivity contribution in [1.82, 2.24) is 5.32 Å². The fourth-order valence-corrected chi connectivity index (χ4v) is 3.56. The van der Waals surface area contributed by atoms with E-state index in [0.29, 0.717) is 19.4 Å². The number of anilines is 1. The molecule has 26 heavy (non-hydrogen) atoms. The number of carbonyl (C=O) groups excluding carboxylic acids is 2. The van der Waals surface area contributed by atoms with Gasteiger partial charge in [-0.3, -0.25) is 14.5 Å². The number of nitrogens with zero attached hydrogens (tertiary/aromatic N) is 1. The second-order valence-electron chi connectivity index (χ2n) is 6.70. The standard InChI is InChI=1S/C22H26N2O2/c1-2-19(22(26)23-16-15-17-9-4-3-5-10-17)24-20-13-7-6-11-18(20)12-8-14-21(24)25/h3-7,9-11,13,19H,2,8,12,14-16H2,1H3,(H,23,26). The summed E-state index contributed by atoms with van der Waals surface area (Å²) in [5.41, 5.74) is 3.23. The molecule has 2 aromatic rings. The summed E-state index contributed by atoms with van der Waals surface area (Å²) in [6.07, 6.45) is 3.58. The third-order valence-electron chi connectivity index (χ3n) is 4.91. The summed E-state index contributed by atoms with van der Waals surface area (Å²) in [5.74, 6) is -0.0338. The largest absolute Gasteiger partial charge is 0.354 e. The predicted molar refractivity (Wildman–Crippen MR) is 104 cm³/mol. The molecule has 0 aliphatic carbocycles. The zero-order valence-corrected chi connectivity index (χ0v) is 15.3. The summed E-state index contributed by atoms with van der Waals surface area (Å²) in [5, 5.41) is 3.02. The lowest BCUT2D eigenvalue weighted by atomic mass is 10.1. The van der Waals surface area contributed by atoms with Crippen molar-refractivity contribution in [2.75, 3.05) is 11.4 Å². The lowest BCUT2D eigenvalue weighted by Gasteiger charge is -2.30. The summed E-state index contributed by atoms with van der Waals surface area (Å²) < 4.78 is 0. The van der Waals surface area contributed by atoms with E-state index in [9.17, 15) is 9.59 Å². The topological polar surface area (TPSA) is 49.4 Å². The number of rotatable bonds is 6. The van der Waals surface area contributed by atoms with Crippen molar-refractivity contribution in [3.63, 3.8) is 0 Å². The molecule has 3 rings (SSSR count). The van der Waals surface area contributed by atoms with Crippen LogP contribution in [-0.2, 0) is 22.4 Å². The molecule has 4 nitrogen and oxygen atoms in total. The normalized spacial score (nSPS) is 15.1. The fraction of sp³-hybridized carbons (Fsp3) is 0.364. The van der Waals surface area contributed by atoms with Crippen molar-refractivity contribution in [3.8, 4) is 0 Å². The van der Waals surface area contributed by atoms with Crippen molar-refractivity contribution in [2.24, 2.45) is 0 Å². The van der Waals surface area contributed by atoms with Gasteiger partial charge in [-0.1, -0.05) is 55.5 Å². The summed E-state index contributed by atoms with van der Waals surface area (Å²) >= 11 is 0. The molecule has 1 aliphatic rings. The maximum Gasteiger partial charge on any atom is 0.243 e. The average molecular weight is 350 g/mol. The first-order valence-corrected chi connectivity index (χ1v) is 9.42. The van der Waals surface area contributed by atoms with Crippen LogP contribution < -0.4 is 10.2 Å². The van der Waals surface area contributed by atoms with Crippen molar-refractivity contribution >= 4 is 17.5 Å². The Labute approximate surface area is 155 Å². The third-order valence-corrected chi connectivity index (χ3v) is 4.91. The number of fused-ring (bicyclic) bond motifs is 1. The van der Waals surface area contributed by atoms with Gasteiger partial charge in [-0.05, 0) is 42.9 Å². The van der Waals surface area contributed by atoms with Crippen LogP contribution in [0.3, 0.4) is 0 Å². The van der Waals surface area contributed by atoms with Crippen LogP contribution in [0.1, 0.15) is 37.3 Å². The van der Waals surface area contributed by atoms with Crippen LogP contribution >= 0.6 is 0 Å². The van der Waals surface area contributed by atoms with Gasteiger partial charge < -0.3 is 5.32 Å². The predicted octanol–water partition coefficient (Wildman–Crippen LogP) is 3.49. The Hall–Kier alpha value is -2.62. The SMILES string of the molecule is CCC(C(=O)NCCc1ccccc1)N1C(=O)CCCc2ccccc21. The number of para-hydroxylation sites is 1. The molecule has 136 valence electrons. The van der Waals surface area contributed by atoms with Gasteiger partial charge in [0.1, 0.15) is 6.04 Å². The Balaban J connectivity index is 1.72. The Morgan fingerprint density at radius 1 is 1.08 bits per heavy atom. The van der Waals surface area contributed by atoms with Gasteiger partial charge in [0.2, 0.25) is 11.8 Å². The van der Waals surface area contributed by atoms with Gasteiger partial charge >= 0.3 is 0 Å². The number of benzene rings is 2. The first-order valence-electron chi connectivity index (χ1n) is 9.42. The molecule has 1 N–H and O–H groups in total. The second-order valence-corrected chi connectivity index (χ2v) is 6.70. The third kappa shape index (κ3) is 4.13. The number of hydrogen-bond acceptors (Lipinski definition) is 2. The van der Waals surface area contributed by atoms with Gasteiger partial charge in [0.15, 0.2) is 0 Å². The van der Waals surface area contributed by atoms with Gasteiger partial charge in [0.05, 0.1) is 0 Å². The van der Waals surface area contributed by atoms with Crippen LogP contribution in [0, 0.1) is 0 Å². The molecule has 1 heterocycles. The molecular formula is C22H26N2O2. The van der Waals surface area contributed by atoms with Crippen LogP contribution in [-0.4, -0.2) is 24.4 Å². The number of nitrogens with one attached hydrogen (secondary N) is 1. The van der Waals surface area contributed by atoms with E-state index >= 15 is 0 Å². The average Bonchev–Trinajstić information content (AvgIpc) is 2.83. The molecule has 0 bridgehead atoms. The number of carbonyl (C=O) groups is 2. The fourth-order valence-electron chi connectivity index (χ4n) is 3.56. The van der Waals surface area contributed by atoms with E-state index in [1.54, 1.807) is 4.90 Å². The molecule has 2 aromatic carbocycles. The quantitative estimate of drug-likeness (QED) is 0.867. The number of hydrogen-bond donors (Lipinski definition) is 1. The number of aryl methyl sites for hydroxylation is 1. The summed E-state index contributed by atoms with van der Waals surface area (Å²) in [7, 11) is 0. The van der Waals surface area contributed by atoms with Gasteiger partial charge in [-0.15, -0.1) is 0 Å². The van der Waals surface area contributed by atoms with Gasteiger partial charge in [-0.2, -0.15) is 0 Å². The van der Waals surface area contributed by atoms with E-state index in [4.69, 9.17) is 0 Å². The van der Waals surface area contributed by atoms with E-state index in [2.05, 4.69) is 23.5 Å². The van der Waals surface area contributed by atoms with Crippen molar-refractivity contribution < 1.29 is 9.59 Å². The minimum atomic E-state index is -0.461. The van der Waals surface area contributed by atoms with E-state index in [-0.39, 0.29) is 11.8 Å². The molecule has 0 radical (unpaired) electrons. The van der Waals surface area contributed by atoms with Crippen LogP contribution in [0.5, 0.6) is 0 Å². The molecular weight excluding hydrogens is 324 g/mol. The van der Waals surface area contributed by atoms with Gasteiger partial charge in [0, 0.05) is 18.7 Å². The van der Waals surface area contributed by atoms with Crippen molar-refractivity contribution in [3.05, 3.63) is 65.7 Å². The maximum atomic E-state index is 12.8. The Kier molecular flexibility index (Phi) is 6.05. The Morgan fingerprint density at radius 3 is 2.58 bits per heavy atom. The summed E-state index contributed by atoms with van der Waals surface area (Å²) in [4.78, 5) is 27.3. The van der Waals surface area contributed by atoms with E-state index in [1.807, 2.05) is 43.3 Å². The summed E-state index contributed by atoms with van der Waals surface area (Å²) in [6.45, 7) is 2.53. The van der Waals surface area contributed by atoms with Crippen molar-refractivity contribution in [2.45, 2.75) is 45.1 Å². The molecule has 1 atom stereocenters. The monoisotopic (exact) mass is 350 g/mol. The highest BCUT2D eigenvalue weighted by Gasteiger charge is 2.32. The zero-order valence-electron chi connectivity index (χ0n) is 15.3. The molecule has 0 spiro atoms. The minimum Gasteiger partial charge on any atom is -0.354 e. The molecule has 1 unspecified atom stereocenters. The second kappa shape index (κ2) is 8.65. The lowest BCUT2D eigenvalue weighted by Crippen LogP contribution is -2.50. The first-order chi connectivity index (χ1) is 12.7. The van der Waals surface area contributed by atoms with Gasteiger partial charge in [0.25, 0.3) is 0 Å². The first kappa shape index (κ1) is 18.2. The van der Waals surface area contributed by atoms with E-state index in [0.717, 1.165) is 30.5 Å². The van der Waals surface area contributed by atoms with E-state index < -0.39 is 6.04 Å². The smallest absolute Gasteiger partial charge is 0.243 e. The molecule has 0 fully saturated rings. The molecule has 1 aliphatic heterocycles. The maximum absolute atomic E-state index is 12.8. The van der Waals surface area contributed by atoms with Crippen LogP contribution in [0.4, 0.5) is 5.69 Å². The highest BCUT2D eigenvalue weighted by molar-refractivity contribution is 6.01. The molecule has 4 heteroatoms. The lowest BCUT2D eigenvalue weighted by molar-refractivity contribution is -0.126. The van der Waals surface area contributed by atoms with Crippen molar-refractivity contribution in [1.29, 1.82) is 0 Å². The Morgan fingerprint density at radius 2 is 1.81 bits per heavy atom. The minimum absolute atomic E-state index is 0.0417. The van der Waals surface area contributed by atoms with Gasteiger partial charge in [-0.25, -0.2) is 0 Å². The highest BCUT2D eigenvalue weighted by Crippen LogP contribution is 2.29. The molecule has 0 saturated carbocycles. The zero-order chi connectivity index (χ0) is 18.4. The number of amides is 2. The van der Waals surface area contributed by atoms with Crippen LogP contribution in [0.25, 0.3) is 0 Å². The van der Waals surface area contributed by atoms with E-state index in [1.165, 1.54) is 5.56 Å². The molecule has 0 saturated heterocycles. The van der Waals surface area contributed by atoms with Crippen LogP contribution in [0.2, 0.25) is 0 Å². The highest BCUT2D eigenvalue weighted by atomic mass is 16.2. The molecule has 2 amide bonds.